The first-order valence-corrected chi connectivity index (χ1v) is 4.25. The number of benzene rings is 1. The average Bonchev–Trinajstić information content (AvgIpc) is 2.04. The van der Waals surface area contributed by atoms with E-state index in [1.54, 1.807) is 0 Å². The highest BCUT2D eigenvalue weighted by molar-refractivity contribution is 5.42. The molecular weight excluding hydrogens is 172 g/mol. The van der Waals surface area contributed by atoms with Gasteiger partial charge in [0, 0.05) is 18.7 Å². The monoisotopic (exact) mass is 185 g/mol. The minimum atomic E-state index is -2.58. The molecule has 0 fully saturated rings. The van der Waals surface area contributed by atoms with Crippen LogP contribution in [0.4, 0.5) is 14.5 Å². The quantitative estimate of drug-likeness (QED) is 0.759. The number of nitrogens with one attached hydrogen (secondary N) is 1. The molecule has 0 amide bonds. The number of hydrogen-bond acceptors (Lipinski definition) is 1. The van der Waals surface area contributed by atoms with Crippen molar-refractivity contribution >= 4 is 5.69 Å². The lowest BCUT2D eigenvalue weighted by molar-refractivity contribution is 0.0167. The van der Waals surface area contributed by atoms with E-state index < -0.39 is 5.92 Å². The van der Waals surface area contributed by atoms with Crippen molar-refractivity contribution in [2.45, 2.75) is 19.3 Å². The molecular formula is C10H13F2N. The minimum absolute atomic E-state index is 0.137. The molecule has 0 saturated carbocycles. The Morgan fingerprint density at radius 3 is 2.38 bits per heavy atom. The number of halogens is 2. The van der Waals surface area contributed by atoms with Crippen LogP contribution in [-0.4, -0.2) is 12.5 Å². The Labute approximate surface area is 76.8 Å². The zero-order valence-electron chi connectivity index (χ0n) is 7.56. The summed E-state index contributed by atoms with van der Waals surface area (Å²) < 4.78 is 24.8. The van der Waals surface area contributed by atoms with Crippen LogP contribution in [0.1, 0.15) is 13.3 Å². The summed E-state index contributed by atoms with van der Waals surface area (Å²) in [6.45, 7) is 1.23. The maximum Gasteiger partial charge on any atom is 0.247 e. The molecule has 1 aromatic rings. The number of alkyl halides is 2. The van der Waals surface area contributed by atoms with Crippen LogP contribution in [0, 0.1) is 0 Å². The minimum Gasteiger partial charge on any atom is -0.385 e. The van der Waals surface area contributed by atoms with E-state index in [4.69, 9.17) is 0 Å². The van der Waals surface area contributed by atoms with Crippen molar-refractivity contribution in [1.29, 1.82) is 0 Å². The van der Waals surface area contributed by atoms with Crippen molar-refractivity contribution in [3.05, 3.63) is 30.3 Å². The topological polar surface area (TPSA) is 12.0 Å². The van der Waals surface area contributed by atoms with Gasteiger partial charge >= 0.3 is 0 Å². The van der Waals surface area contributed by atoms with Gasteiger partial charge in [0.2, 0.25) is 5.92 Å². The molecule has 0 aliphatic carbocycles. The van der Waals surface area contributed by atoms with Gasteiger partial charge in [-0.25, -0.2) is 8.78 Å². The summed E-state index contributed by atoms with van der Waals surface area (Å²) >= 11 is 0. The van der Waals surface area contributed by atoms with Gasteiger partial charge in [0.15, 0.2) is 0 Å². The summed E-state index contributed by atoms with van der Waals surface area (Å²) in [5, 5.41) is 2.92. The Hall–Kier alpha value is -1.12. The third-order valence-electron chi connectivity index (χ3n) is 1.67. The van der Waals surface area contributed by atoms with E-state index in [-0.39, 0.29) is 6.42 Å². The zero-order valence-corrected chi connectivity index (χ0v) is 7.56. The van der Waals surface area contributed by atoms with Crippen LogP contribution in [0.3, 0.4) is 0 Å². The highest BCUT2D eigenvalue weighted by atomic mass is 19.3. The standard InChI is InChI=1S/C10H13F2N/c1-10(11,12)7-8-13-9-5-3-2-4-6-9/h2-6,13H,7-8H2,1H3. The smallest absolute Gasteiger partial charge is 0.247 e. The molecule has 72 valence electrons. The highest BCUT2D eigenvalue weighted by Gasteiger charge is 2.19. The Morgan fingerprint density at radius 1 is 1.23 bits per heavy atom. The Balaban J connectivity index is 2.29. The number of rotatable bonds is 4. The van der Waals surface area contributed by atoms with Gasteiger partial charge in [0.05, 0.1) is 0 Å². The lowest BCUT2D eigenvalue weighted by Crippen LogP contribution is -2.15. The van der Waals surface area contributed by atoms with E-state index in [2.05, 4.69) is 5.32 Å². The zero-order chi connectivity index (χ0) is 9.73. The Bertz CT molecular complexity index is 241. The third kappa shape index (κ3) is 4.45. The van der Waals surface area contributed by atoms with E-state index >= 15 is 0 Å². The van der Waals surface area contributed by atoms with Gasteiger partial charge in [0.1, 0.15) is 0 Å². The van der Waals surface area contributed by atoms with Crippen molar-refractivity contribution in [1.82, 2.24) is 0 Å². The van der Waals surface area contributed by atoms with E-state index in [0.29, 0.717) is 6.54 Å². The molecule has 0 aliphatic heterocycles. The van der Waals surface area contributed by atoms with Gasteiger partial charge in [0.25, 0.3) is 0 Å². The lowest BCUT2D eigenvalue weighted by atomic mass is 10.2. The van der Waals surface area contributed by atoms with Crippen LogP contribution in [0.15, 0.2) is 30.3 Å². The number of para-hydroxylation sites is 1. The van der Waals surface area contributed by atoms with Crippen molar-refractivity contribution in [3.8, 4) is 0 Å². The van der Waals surface area contributed by atoms with Crippen LogP contribution in [-0.2, 0) is 0 Å². The molecule has 0 atom stereocenters. The summed E-state index contributed by atoms with van der Waals surface area (Å²) in [6.07, 6.45) is -0.137. The van der Waals surface area contributed by atoms with Gasteiger partial charge in [-0.3, -0.25) is 0 Å². The van der Waals surface area contributed by atoms with Gasteiger partial charge in [-0.1, -0.05) is 18.2 Å². The number of anilines is 1. The first-order chi connectivity index (χ1) is 6.08. The molecule has 1 nitrogen and oxygen atoms in total. The van der Waals surface area contributed by atoms with Gasteiger partial charge in [-0.15, -0.1) is 0 Å². The first-order valence-electron chi connectivity index (χ1n) is 4.25. The van der Waals surface area contributed by atoms with Crippen LogP contribution >= 0.6 is 0 Å². The van der Waals surface area contributed by atoms with Gasteiger partial charge < -0.3 is 5.32 Å². The molecule has 13 heavy (non-hydrogen) atoms. The average molecular weight is 185 g/mol. The summed E-state index contributed by atoms with van der Waals surface area (Å²) in [5.74, 6) is -2.58. The largest absolute Gasteiger partial charge is 0.385 e. The van der Waals surface area contributed by atoms with Gasteiger partial charge in [-0.05, 0) is 19.1 Å². The summed E-state index contributed by atoms with van der Waals surface area (Å²) in [4.78, 5) is 0. The molecule has 0 saturated heterocycles. The molecule has 0 bridgehead atoms. The van der Waals surface area contributed by atoms with Crippen LogP contribution in [0.5, 0.6) is 0 Å². The van der Waals surface area contributed by atoms with Gasteiger partial charge in [-0.2, -0.15) is 0 Å². The third-order valence-corrected chi connectivity index (χ3v) is 1.67. The molecule has 0 aliphatic rings. The van der Waals surface area contributed by atoms with E-state index in [1.165, 1.54) is 0 Å². The fourth-order valence-corrected chi connectivity index (χ4v) is 0.982. The van der Waals surface area contributed by atoms with E-state index in [9.17, 15) is 8.78 Å². The first kappa shape index (κ1) is 9.96. The second-order valence-corrected chi connectivity index (χ2v) is 3.11. The van der Waals surface area contributed by atoms with Crippen LogP contribution in [0.25, 0.3) is 0 Å². The predicted molar refractivity (Wildman–Crippen MR) is 50.2 cm³/mol. The second-order valence-electron chi connectivity index (χ2n) is 3.11. The maximum absolute atomic E-state index is 12.4. The molecule has 0 aromatic heterocycles. The fraction of sp³-hybridized carbons (Fsp3) is 0.400. The Morgan fingerprint density at radius 2 is 1.85 bits per heavy atom. The second kappa shape index (κ2) is 4.21. The Kier molecular flexibility index (Phi) is 3.23. The highest BCUT2D eigenvalue weighted by Crippen LogP contribution is 2.16. The molecule has 1 rings (SSSR count). The lowest BCUT2D eigenvalue weighted by Gasteiger charge is -2.11. The normalized spacial score (nSPS) is 11.3. The van der Waals surface area contributed by atoms with E-state index in [1.807, 2.05) is 30.3 Å². The molecule has 3 heteroatoms. The van der Waals surface area contributed by atoms with Crippen molar-refractivity contribution in [3.63, 3.8) is 0 Å². The maximum atomic E-state index is 12.4. The molecule has 0 radical (unpaired) electrons. The fourth-order valence-electron chi connectivity index (χ4n) is 0.982. The summed E-state index contributed by atoms with van der Waals surface area (Å²) in [7, 11) is 0. The van der Waals surface area contributed by atoms with Crippen molar-refractivity contribution in [2.75, 3.05) is 11.9 Å². The van der Waals surface area contributed by atoms with Crippen molar-refractivity contribution in [2.24, 2.45) is 0 Å². The summed E-state index contributed by atoms with van der Waals surface area (Å²) in [6, 6.07) is 9.33. The summed E-state index contributed by atoms with van der Waals surface area (Å²) in [5.41, 5.74) is 0.881. The molecule has 0 spiro atoms. The van der Waals surface area contributed by atoms with Crippen LogP contribution in [0.2, 0.25) is 0 Å². The SMILES string of the molecule is CC(F)(F)CCNc1ccccc1. The molecule has 1 N–H and O–H groups in total. The van der Waals surface area contributed by atoms with Crippen LogP contribution < -0.4 is 5.32 Å². The molecule has 0 heterocycles. The number of hydrogen-bond donors (Lipinski definition) is 1. The predicted octanol–water partition coefficient (Wildman–Crippen LogP) is 3.14. The van der Waals surface area contributed by atoms with Crippen molar-refractivity contribution < 1.29 is 8.78 Å². The molecule has 1 aromatic carbocycles. The van der Waals surface area contributed by atoms with E-state index in [0.717, 1.165) is 12.6 Å². The molecule has 0 unspecified atom stereocenters.